The predicted molar refractivity (Wildman–Crippen MR) is 55.7 cm³/mol. The molecule has 15 heavy (non-hydrogen) atoms. The summed E-state index contributed by atoms with van der Waals surface area (Å²) in [6, 6.07) is 9.01. The molecule has 2 rings (SSSR count). The van der Waals surface area contributed by atoms with Crippen molar-refractivity contribution < 1.29 is 14.0 Å². The van der Waals surface area contributed by atoms with Gasteiger partial charge in [-0.3, -0.25) is 9.59 Å². The maximum atomic E-state index is 11.4. The molecule has 0 saturated heterocycles. The molecule has 2 aromatic rings. The Morgan fingerprint density at radius 1 is 1.27 bits per heavy atom. The summed E-state index contributed by atoms with van der Waals surface area (Å²) >= 11 is 0. The van der Waals surface area contributed by atoms with Crippen LogP contribution in [0.2, 0.25) is 0 Å². The fourth-order valence-corrected chi connectivity index (χ4v) is 1.31. The second kappa shape index (κ2) is 3.92. The number of allylic oxidation sites excluding steroid dienone is 2. The summed E-state index contributed by atoms with van der Waals surface area (Å²) in [4.78, 5) is 21.5. The summed E-state index contributed by atoms with van der Waals surface area (Å²) in [5, 5.41) is 0.875. The van der Waals surface area contributed by atoms with Crippen LogP contribution in [0.5, 0.6) is 0 Å². The van der Waals surface area contributed by atoms with Gasteiger partial charge in [-0.1, -0.05) is 18.2 Å². The van der Waals surface area contributed by atoms with E-state index in [0.29, 0.717) is 11.9 Å². The fraction of sp³-hybridized carbons (Fsp3) is 0. The Morgan fingerprint density at radius 2 is 2.07 bits per heavy atom. The van der Waals surface area contributed by atoms with Crippen molar-refractivity contribution in [3.8, 4) is 0 Å². The van der Waals surface area contributed by atoms with Gasteiger partial charge < -0.3 is 4.42 Å². The van der Waals surface area contributed by atoms with Crippen LogP contribution in [0.4, 0.5) is 0 Å². The largest absolute Gasteiger partial charge is 0.453 e. The van der Waals surface area contributed by atoms with Crippen LogP contribution >= 0.6 is 0 Å². The van der Waals surface area contributed by atoms with E-state index in [4.69, 9.17) is 4.42 Å². The SMILES string of the molecule is O=CC=CC(=O)c1cc2ccccc2o1. The van der Waals surface area contributed by atoms with Crippen LogP contribution in [0, 0.1) is 0 Å². The quantitative estimate of drug-likeness (QED) is 0.434. The van der Waals surface area contributed by atoms with Crippen molar-refractivity contribution in [1.29, 1.82) is 0 Å². The van der Waals surface area contributed by atoms with Gasteiger partial charge in [-0.05, 0) is 24.3 Å². The van der Waals surface area contributed by atoms with E-state index >= 15 is 0 Å². The van der Waals surface area contributed by atoms with E-state index in [1.807, 2.05) is 18.2 Å². The van der Waals surface area contributed by atoms with Gasteiger partial charge in [0.1, 0.15) is 11.9 Å². The summed E-state index contributed by atoms with van der Waals surface area (Å²) in [5.74, 6) is -0.0624. The standard InChI is InChI=1S/C12H8O3/c13-7-3-5-10(14)12-8-9-4-1-2-6-11(9)15-12/h1-8H. The van der Waals surface area contributed by atoms with E-state index in [1.54, 1.807) is 12.1 Å². The maximum absolute atomic E-state index is 11.4. The number of hydrogen-bond acceptors (Lipinski definition) is 3. The Bertz CT molecular complexity index is 502. The van der Waals surface area contributed by atoms with E-state index in [1.165, 1.54) is 6.08 Å². The number of carbonyl (C=O) groups is 2. The molecule has 0 N–H and O–H groups in total. The molecule has 3 nitrogen and oxygen atoms in total. The number of carbonyl (C=O) groups excluding carboxylic acids is 2. The molecule has 1 aromatic heterocycles. The molecule has 1 heterocycles. The average Bonchev–Trinajstić information content (AvgIpc) is 2.69. The predicted octanol–water partition coefficient (Wildman–Crippen LogP) is 2.37. The Balaban J connectivity index is 2.40. The van der Waals surface area contributed by atoms with E-state index in [2.05, 4.69) is 0 Å². The zero-order valence-corrected chi connectivity index (χ0v) is 7.84. The van der Waals surface area contributed by atoms with E-state index < -0.39 is 0 Å². The molecule has 0 radical (unpaired) electrons. The van der Waals surface area contributed by atoms with Crippen LogP contribution in [-0.4, -0.2) is 12.1 Å². The summed E-state index contributed by atoms with van der Waals surface area (Å²) in [6.07, 6.45) is 2.89. The normalized spacial score (nSPS) is 10.9. The van der Waals surface area contributed by atoms with Crippen LogP contribution in [0.25, 0.3) is 11.0 Å². The Kier molecular flexibility index (Phi) is 2.46. The van der Waals surface area contributed by atoms with Gasteiger partial charge in [-0.15, -0.1) is 0 Å². The summed E-state index contributed by atoms with van der Waals surface area (Å²) in [7, 11) is 0. The number of benzene rings is 1. The first-order valence-electron chi connectivity index (χ1n) is 4.46. The lowest BCUT2D eigenvalue weighted by Gasteiger charge is -1.85. The molecule has 0 aliphatic carbocycles. The van der Waals surface area contributed by atoms with Crippen LogP contribution in [0.3, 0.4) is 0 Å². The van der Waals surface area contributed by atoms with Crippen LogP contribution < -0.4 is 0 Å². The zero-order valence-electron chi connectivity index (χ0n) is 7.84. The number of para-hydroxylation sites is 1. The number of fused-ring (bicyclic) bond motifs is 1. The highest BCUT2D eigenvalue weighted by Gasteiger charge is 2.08. The van der Waals surface area contributed by atoms with Crippen molar-refractivity contribution in [1.82, 2.24) is 0 Å². The van der Waals surface area contributed by atoms with Gasteiger partial charge in [0.05, 0.1) is 0 Å². The van der Waals surface area contributed by atoms with Crippen LogP contribution in [0.1, 0.15) is 10.6 Å². The first kappa shape index (κ1) is 9.40. The van der Waals surface area contributed by atoms with Crippen molar-refractivity contribution in [2.24, 2.45) is 0 Å². The van der Waals surface area contributed by atoms with Crippen molar-refractivity contribution >= 4 is 23.0 Å². The Hall–Kier alpha value is -2.16. The summed E-state index contributed by atoms with van der Waals surface area (Å²) < 4.78 is 5.31. The molecule has 3 heteroatoms. The minimum absolute atomic E-state index is 0.245. The molecule has 0 fully saturated rings. The van der Waals surface area contributed by atoms with E-state index in [0.717, 1.165) is 11.5 Å². The molecule has 0 atom stereocenters. The highest BCUT2D eigenvalue weighted by Crippen LogP contribution is 2.19. The molecule has 0 saturated carbocycles. The molecule has 0 unspecified atom stereocenters. The number of rotatable bonds is 3. The van der Waals surface area contributed by atoms with Gasteiger partial charge >= 0.3 is 0 Å². The van der Waals surface area contributed by atoms with Gasteiger partial charge in [0, 0.05) is 5.39 Å². The topological polar surface area (TPSA) is 47.3 Å². The first-order valence-corrected chi connectivity index (χ1v) is 4.46. The minimum atomic E-state index is -0.307. The van der Waals surface area contributed by atoms with Crippen molar-refractivity contribution in [3.05, 3.63) is 48.2 Å². The number of furan rings is 1. The third-order valence-corrected chi connectivity index (χ3v) is 1.99. The van der Waals surface area contributed by atoms with Gasteiger partial charge in [0.25, 0.3) is 0 Å². The Labute approximate surface area is 86.0 Å². The monoisotopic (exact) mass is 200 g/mol. The highest BCUT2D eigenvalue weighted by atomic mass is 16.3. The zero-order chi connectivity index (χ0) is 10.7. The van der Waals surface area contributed by atoms with Crippen molar-refractivity contribution in [3.63, 3.8) is 0 Å². The third kappa shape index (κ3) is 1.86. The van der Waals surface area contributed by atoms with Crippen molar-refractivity contribution in [2.75, 3.05) is 0 Å². The van der Waals surface area contributed by atoms with Gasteiger partial charge in [-0.25, -0.2) is 0 Å². The summed E-state index contributed by atoms with van der Waals surface area (Å²) in [5.41, 5.74) is 0.667. The smallest absolute Gasteiger partial charge is 0.221 e. The molecular weight excluding hydrogens is 192 g/mol. The summed E-state index contributed by atoms with van der Waals surface area (Å²) in [6.45, 7) is 0. The fourth-order valence-electron chi connectivity index (χ4n) is 1.31. The number of hydrogen-bond donors (Lipinski definition) is 0. The van der Waals surface area contributed by atoms with Gasteiger partial charge in [0.15, 0.2) is 5.76 Å². The minimum Gasteiger partial charge on any atom is -0.453 e. The van der Waals surface area contributed by atoms with E-state index in [-0.39, 0.29) is 11.5 Å². The molecule has 74 valence electrons. The second-order valence-corrected chi connectivity index (χ2v) is 3.01. The third-order valence-electron chi connectivity index (χ3n) is 1.99. The number of aldehydes is 1. The van der Waals surface area contributed by atoms with Crippen LogP contribution in [0.15, 0.2) is 46.9 Å². The van der Waals surface area contributed by atoms with Gasteiger partial charge in [0.2, 0.25) is 5.78 Å². The van der Waals surface area contributed by atoms with Crippen molar-refractivity contribution in [2.45, 2.75) is 0 Å². The second-order valence-electron chi connectivity index (χ2n) is 3.01. The molecule has 0 bridgehead atoms. The number of ketones is 1. The van der Waals surface area contributed by atoms with Gasteiger partial charge in [-0.2, -0.15) is 0 Å². The average molecular weight is 200 g/mol. The first-order chi connectivity index (χ1) is 7.31. The van der Waals surface area contributed by atoms with Crippen LogP contribution in [-0.2, 0) is 4.79 Å². The lowest BCUT2D eigenvalue weighted by Crippen LogP contribution is -1.90. The molecule has 0 spiro atoms. The van der Waals surface area contributed by atoms with E-state index in [9.17, 15) is 9.59 Å². The molecule has 1 aromatic carbocycles. The lowest BCUT2D eigenvalue weighted by atomic mass is 10.2. The maximum Gasteiger partial charge on any atom is 0.221 e. The molecule has 0 amide bonds. The Morgan fingerprint density at radius 3 is 2.80 bits per heavy atom. The molecule has 0 aliphatic rings. The molecule has 0 aliphatic heterocycles. The molecular formula is C12H8O3. The lowest BCUT2D eigenvalue weighted by molar-refractivity contribution is -0.104. The highest BCUT2D eigenvalue weighted by molar-refractivity contribution is 6.06.